The summed E-state index contributed by atoms with van der Waals surface area (Å²) >= 11 is 0. The van der Waals surface area contributed by atoms with Gasteiger partial charge in [-0.05, 0) is 18.1 Å². The second kappa shape index (κ2) is 7.89. The van der Waals surface area contributed by atoms with E-state index in [0.717, 1.165) is 0 Å². The summed E-state index contributed by atoms with van der Waals surface area (Å²) in [4.78, 5) is 27.3. The van der Waals surface area contributed by atoms with Crippen LogP contribution in [0.5, 0.6) is 0 Å². The van der Waals surface area contributed by atoms with Gasteiger partial charge in [0.25, 0.3) is 0 Å². The lowest BCUT2D eigenvalue weighted by Crippen LogP contribution is -2.50. The molecule has 0 saturated carbocycles. The third kappa shape index (κ3) is 4.53. The maximum Gasteiger partial charge on any atom is 0.233 e. The van der Waals surface area contributed by atoms with Crippen molar-refractivity contribution in [1.82, 2.24) is 15.1 Å². The van der Waals surface area contributed by atoms with Crippen molar-refractivity contribution in [2.24, 2.45) is 0 Å². The van der Waals surface area contributed by atoms with Gasteiger partial charge in [0.15, 0.2) is 0 Å². The SMILES string of the molecule is CNC(=O)CN1CCN(C(=O)CCc2ccccc2F)CC1. The zero-order valence-corrected chi connectivity index (χ0v) is 12.8. The molecule has 0 aromatic heterocycles. The first-order chi connectivity index (χ1) is 10.6. The summed E-state index contributed by atoms with van der Waals surface area (Å²) in [5.74, 6) is -0.229. The van der Waals surface area contributed by atoms with Crippen molar-refractivity contribution in [3.05, 3.63) is 35.6 Å². The molecule has 1 heterocycles. The number of aryl methyl sites for hydroxylation is 1. The molecule has 22 heavy (non-hydrogen) atoms. The van der Waals surface area contributed by atoms with Gasteiger partial charge >= 0.3 is 0 Å². The van der Waals surface area contributed by atoms with E-state index in [1.165, 1.54) is 6.07 Å². The monoisotopic (exact) mass is 307 g/mol. The fraction of sp³-hybridized carbons (Fsp3) is 0.500. The maximum atomic E-state index is 13.5. The Hall–Kier alpha value is -1.95. The summed E-state index contributed by atoms with van der Waals surface area (Å²) in [7, 11) is 1.62. The lowest BCUT2D eigenvalue weighted by molar-refractivity contribution is -0.133. The van der Waals surface area contributed by atoms with Gasteiger partial charge in [0.2, 0.25) is 11.8 Å². The Balaban J connectivity index is 1.76. The summed E-state index contributed by atoms with van der Waals surface area (Å²) in [6, 6.07) is 6.55. The zero-order chi connectivity index (χ0) is 15.9. The molecule has 120 valence electrons. The zero-order valence-electron chi connectivity index (χ0n) is 12.8. The highest BCUT2D eigenvalue weighted by Crippen LogP contribution is 2.11. The van der Waals surface area contributed by atoms with E-state index in [2.05, 4.69) is 5.32 Å². The Labute approximate surface area is 130 Å². The molecule has 1 fully saturated rings. The van der Waals surface area contributed by atoms with E-state index in [-0.39, 0.29) is 17.6 Å². The van der Waals surface area contributed by atoms with Crippen LogP contribution >= 0.6 is 0 Å². The number of hydrogen-bond acceptors (Lipinski definition) is 3. The molecule has 1 N–H and O–H groups in total. The molecule has 1 saturated heterocycles. The molecular weight excluding hydrogens is 285 g/mol. The molecule has 0 aliphatic carbocycles. The third-order valence-electron chi connectivity index (χ3n) is 3.94. The van der Waals surface area contributed by atoms with Gasteiger partial charge in [-0.25, -0.2) is 4.39 Å². The minimum Gasteiger partial charge on any atom is -0.358 e. The molecule has 2 amide bonds. The van der Waals surface area contributed by atoms with E-state index < -0.39 is 0 Å². The number of carbonyl (C=O) groups is 2. The van der Waals surface area contributed by atoms with Gasteiger partial charge in [0.05, 0.1) is 6.54 Å². The van der Waals surface area contributed by atoms with Gasteiger partial charge in [0, 0.05) is 39.6 Å². The van der Waals surface area contributed by atoms with Crippen molar-refractivity contribution >= 4 is 11.8 Å². The number of halogens is 1. The van der Waals surface area contributed by atoms with Gasteiger partial charge in [0.1, 0.15) is 5.82 Å². The Morgan fingerprint density at radius 1 is 1.18 bits per heavy atom. The molecule has 0 spiro atoms. The number of rotatable bonds is 5. The minimum absolute atomic E-state index is 0.0145. The number of nitrogens with one attached hydrogen (secondary N) is 1. The molecule has 1 aliphatic heterocycles. The van der Waals surface area contributed by atoms with Gasteiger partial charge in [-0.2, -0.15) is 0 Å². The van der Waals surface area contributed by atoms with Crippen molar-refractivity contribution < 1.29 is 14.0 Å². The minimum atomic E-state index is -0.259. The van der Waals surface area contributed by atoms with Crippen LogP contribution in [0, 0.1) is 5.82 Å². The van der Waals surface area contributed by atoms with Crippen LogP contribution in [0.15, 0.2) is 24.3 Å². The van der Waals surface area contributed by atoms with E-state index in [0.29, 0.717) is 51.1 Å². The maximum absolute atomic E-state index is 13.5. The van der Waals surface area contributed by atoms with Gasteiger partial charge < -0.3 is 10.2 Å². The normalized spacial score (nSPS) is 15.6. The average Bonchev–Trinajstić information content (AvgIpc) is 2.54. The van der Waals surface area contributed by atoms with Crippen LogP contribution in [-0.4, -0.2) is 61.4 Å². The Bertz CT molecular complexity index is 528. The summed E-state index contributed by atoms with van der Waals surface area (Å²) in [5, 5.41) is 2.59. The van der Waals surface area contributed by atoms with Crippen molar-refractivity contribution in [2.75, 3.05) is 39.8 Å². The number of piperazine rings is 1. The van der Waals surface area contributed by atoms with Gasteiger partial charge in [-0.15, -0.1) is 0 Å². The molecule has 0 radical (unpaired) electrons. The summed E-state index contributed by atoms with van der Waals surface area (Å²) < 4.78 is 13.5. The molecule has 5 nitrogen and oxygen atoms in total. The molecule has 6 heteroatoms. The topological polar surface area (TPSA) is 52.7 Å². The third-order valence-corrected chi connectivity index (χ3v) is 3.94. The number of amides is 2. The second-order valence-corrected chi connectivity index (χ2v) is 5.42. The number of benzene rings is 1. The average molecular weight is 307 g/mol. The molecule has 0 bridgehead atoms. The summed E-state index contributed by atoms with van der Waals surface area (Å²) in [6.07, 6.45) is 0.736. The summed E-state index contributed by atoms with van der Waals surface area (Å²) in [5.41, 5.74) is 0.578. The van der Waals surface area contributed by atoms with Gasteiger partial charge in [-0.1, -0.05) is 18.2 Å². The molecular formula is C16H22FN3O2. The lowest BCUT2D eigenvalue weighted by Gasteiger charge is -2.34. The first-order valence-electron chi connectivity index (χ1n) is 7.54. The first kappa shape index (κ1) is 16.4. The summed E-state index contributed by atoms with van der Waals surface area (Å²) in [6.45, 7) is 2.99. The number of nitrogens with zero attached hydrogens (tertiary/aromatic N) is 2. The molecule has 0 unspecified atom stereocenters. The number of hydrogen-bond donors (Lipinski definition) is 1. The van der Waals surface area contributed by atoms with Crippen LogP contribution in [0.4, 0.5) is 4.39 Å². The van der Waals surface area contributed by atoms with E-state index in [1.54, 1.807) is 30.1 Å². The Morgan fingerprint density at radius 3 is 2.50 bits per heavy atom. The fourth-order valence-corrected chi connectivity index (χ4v) is 2.54. The van der Waals surface area contributed by atoms with Crippen LogP contribution < -0.4 is 5.32 Å². The molecule has 1 aromatic rings. The first-order valence-corrected chi connectivity index (χ1v) is 7.54. The number of likely N-dealkylation sites (N-methyl/N-ethyl adjacent to an activating group) is 1. The van der Waals surface area contributed by atoms with E-state index in [9.17, 15) is 14.0 Å². The predicted molar refractivity (Wildman–Crippen MR) is 81.8 cm³/mol. The van der Waals surface area contributed by atoms with Crippen LogP contribution in [0.2, 0.25) is 0 Å². The highest BCUT2D eigenvalue weighted by atomic mass is 19.1. The molecule has 1 aromatic carbocycles. The van der Waals surface area contributed by atoms with Crippen LogP contribution in [0.3, 0.4) is 0 Å². The largest absolute Gasteiger partial charge is 0.358 e. The van der Waals surface area contributed by atoms with Crippen molar-refractivity contribution in [3.8, 4) is 0 Å². The van der Waals surface area contributed by atoms with Crippen LogP contribution in [0.1, 0.15) is 12.0 Å². The van der Waals surface area contributed by atoms with Crippen molar-refractivity contribution in [2.45, 2.75) is 12.8 Å². The quantitative estimate of drug-likeness (QED) is 0.869. The Kier molecular flexibility index (Phi) is 5.89. The van der Waals surface area contributed by atoms with Crippen LogP contribution in [-0.2, 0) is 16.0 Å². The Morgan fingerprint density at radius 2 is 1.86 bits per heavy atom. The molecule has 2 rings (SSSR count). The molecule has 1 aliphatic rings. The van der Waals surface area contributed by atoms with Crippen molar-refractivity contribution in [3.63, 3.8) is 0 Å². The predicted octanol–water partition coefficient (Wildman–Crippen LogP) is 0.649. The second-order valence-electron chi connectivity index (χ2n) is 5.42. The number of carbonyl (C=O) groups excluding carboxylic acids is 2. The van der Waals surface area contributed by atoms with E-state index >= 15 is 0 Å². The standard InChI is InChI=1S/C16H22FN3O2/c1-18-15(21)12-19-8-10-20(11-9-19)16(22)7-6-13-4-2-3-5-14(13)17/h2-5H,6-12H2,1H3,(H,18,21). The smallest absolute Gasteiger partial charge is 0.233 e. The highest BCUT2D eigenvalue weighted by molar-refractivity contribution is 5.78. The highest BCUT2D eigenvalue weighted by Gasteiger charge is 2.22. The van der Waals surface area contributed by atoms with Gasteiger partial charge in [-0.3, -0.25) is 14.5 Å². The fourth-order valence-electron chi connectivity index (χ4n) is 2.54. The molecule has 0 atom stereocenters. The van der Waals surface area contributed by atoms with E-state index in [1.807, 2.05) is 4.90 Å². The lowest BCUT2D eigenvalue weighted by atomic mass is 10.1. The van der Waals surface area contributed by atoms with Crippen LogP contribution in [0.25, 0.3) is 0 Å². The van der Waals surface area contributed by atoms with E-state index in [4.69, 9.17) is 0 Å². The van der Waals surface area contributed by atoms with Crippen molar-refractivity contribution in [1.29, 1.82) is 0 Å².